The van der Waals surface area contributed by atoms with E-state index in [0.29, 0.717) is 33.5 Å². The van der Waals surface area contributed by atoms with Gasteiger partial charge in [0, 0.05) is 30.9 Å². The van der Waals surface area contributed by atoms with E-state index >= 15 is 0 Å². The Morgan fingerprint density at radius 1 is 1.30 bits per heavy atom. The van der Waals surface area contributed by atoms with Crippen LogP contribution in [-0.2, 0) is 4.79 Å². The average Bonchev–Trinajstić information content (AvgIpc) is 3.13. The van der Waals surface area contributed by atoms with Crippen LogP contribution in [0.4, 0.5) is 11.5 Å². The molecule has 2 amide bonds. The highest BCUT2D eigenvalue weighted by Gasteiger charge is 2.32. The van der Waals surface area contributed by atoms with Gasteiger partial charge >= 0.3 is 0 Å². The van der Waals surface area contributed by atoms with Gasteiger partial charge in [0.05, 0.1) is 16.3 Å². The summed E-state index contributed by atoms with van der Waals surface area (Å²) in [4.78, 5) is 29.3. The van der Waals surface area contributed by atoms with E-state index < -0.39 is 6.04 Å². The van der Waals surface area contributed by atoms with Crippen molar-refractivity contribution in [2.45, 2.75) is 19.4 Å². The third-order valence-corrected chi connectivity index (χ3v) is 4.62. The van der Waals surface area contributed by atoms with E-state index in [-0.39, 0.29) is 17.4 Å². The molecule has 9 heteroatoms. The SMILES string of the molecule is CNC(=O)c1cc(Cl)cc(C)c1NC(=O)C1CC=NN1c1ncccc1Cl. The smallest absolute Gasteiger partial charge is 0.253 e. The molecular weight excluding hydrogens is 389 g/mol. The number of carbonyl (C=O) groups excluding carboxylic acids is 2. The predicted molar refractivity (Wildman–Crippen MR) is 107 cm³/mol. The lowest BCUT2D eigenvalue weighted by Gasteiger charge is -2.23. The number of hydrogen-bond donors (Lipinski definition) is 2. The van der Waals surface area contributed by atoms with Crippen molar-refractivity contribution in [3.05, 3.63) is 51.6 Å². The second-order valence-electron chi connectivity index (χ2n) is 5.92. The Kier molecular flexibility index (Phi) is 5.62. The van der Waals surface area contributed by atoms with Gasteiger partial charge in [0.15, 0.2) is 5.82 Å². The van der Waals surface area contributed by atoms with Gasteiger partial charge in [-0.25, -0.2) is 9.99 Å². The molecule has 7 nitrogen and oxygen atoms in total. The van der Waals surface area contributed by atoms with Crippen molar-refractivity contribution in [3.8, 4) is 0 Å². The molecule has 1 atom stereocenters. The number of aromatic nitrogens is 1. The first kappa shape index (κ1) is 19.1. The summed E-state index contributed by atoms with van der Waals surface area (Å²) in [5.74, 6) is -0.277. The maximum atomic E-state index is 12.9. The Bertz CT molecular complexity index is 932. The Hall–Kier alpha value is -2.64. The van der Waals surface area contributed by atoms with Gasteiger partial charge in [-0.2, -0.15) is 5.10 Å². The van der Waals surface area contributed by atoms with Crippen LogP contribution in [0.15, 0.2) is 35.6 Å². The lowest BCUT2D eigenvalue weighted by Crippen LogP contribution is -2.39. The van der Waals surface area contributed by atoms with Gasteiger partial charge in [-0.3, -0.25) is 9.59 Å². The number of benzene rings is 1. The molecule has 1 aliphatic heterocycles. The van der Waals surface area contributed by atoms with Crippen molar-refractivity contribution in [2.75, 3.05) is 17.4 Å². The van der Waals surface area contributed by atoms with Crippen LogP contribution in [-0.4, -0.2) is 36.1 Å². The number of anilines is 2. The van der Waals surface area contributed by atoms with E-state index in [2.05, 4.69) is 20.7 Å². The minimum Gasteiger partial charge on any atom is -0.355 e. The number of carbonyl (C=O) groups is 2. The number of hydrazone groups is 1. The molecule has 27 heavy (non-hydrogen) atoms. The summed E-state index contributed by atoms with van der Waals surface area (Å²) in [6.07, 6.45) is 3.60. The third kappa shape index (κ3) is 3.89. The van der Waals surface area contributed by atoms with Crippen LogP contribution in [0.25, 0.3) is 0 Å². The fraction of sp³-hybridized carbons (Fsp3) is 0.222. The Labute approximate surface area is 166 Å². The minimum atomic E-state index is -0.634. The van der Waals surface area contributed by atoms with Crippen molar-refractivity contribution < 1.29 is 9.59 Å². The van der Waals surface area contributed by atoms with Crippen molar-refractivity contribution >= 4 is 52.7 Å². The fourth-order valence-corrected chi connectivity index (χ4v) is 3.29. The van der Waals surface area contributed by atoms with Gasteiger partial charge in [0.1, 0.15) is 6.04 Å². The van der Waals surface area contributed by atoms with E-state index in [4.69, 9.17) is 23.2 Å². The molecule has 2 aromatic rings. The van der Waals surface area contributed by atoms with Crippen LogP contribution in [0.2, 0.25) is 10.0 Å². The topological polar surface area (TPSA) is 86.7 Å². The van der Waals surface area contributed by atoms with Gasteiger partial charge in [-0.1, -0.05) is 23.2 Å². The van der Waals surface area contributed by atoms with Crippen molar-refractivity contribution in [1.82, 2.24) is 10.3 Å². The van der Waals surface area contributed by atoms with Crippen LogP contribution < -0.4 is 15.6 Å². The molecule has 1 unspecified atom stereocenters. The lowest BCUT2D eigenvalue weighted by atomic mass is 10.1. The molecule has 1 aromatic heterocycles. The van der Waals surface area contributed by atoms with Crippen LogP contribution in [0.3, 0.4) is 0 Å². The highest BCUT2D eigenvalue weighted by atomic mass is 35.5. The van der Waals surface area contributed by atoms with E-state index in [9.17, 15) is 9.59 Å². The molecular formula is C18H17Cl2N5O2. The number of hydrogen-bond acceptors (Lipinski definition) is 5. The molecule has 0 saturated heterocycles. The number of nitrogens with one attached hydrogen (secondary N) is 2. The summed E-state index contributed by atoms with van der Waals surface area (Å²) >= 11 is 12.2. The van der Waals surface area contributed by atoms with Crippen LogP contribution in [0, 0.1) is 6.92 Å². The van der Waals surface area contributed by atoms with Crippen molar-refractivity contribution in [2.24, 2.45) is 5.10 Å². The minimum absolute atomic E-state index is 0.289. The molecule has 2 heterocycles. The molecule has 0 fully saturated rings. The lowest BCUT2D eigenvalue weighted by molar-refractivity contribution is -0.117. The second-order valence-corrected chi connectivity index (χ2v) is 6.76. The molecule has 1 aromatic carbocycles. The molecule has 1 aliphatic rings. The molecule has 140 valence electrons. The summed E-state index contributed by atoms with van der Waals surface area (Å²) in [7, 11) is 1.51. The standard InChI is InChI=1S/C18H17Cl2N5O2/c1-10-8-11(19)9-12(17(26)21-2)15(10)24-18(27)14-5-7-23-25(14)16-13(20)4-3-6-22-16/h3-4,6-9,14H,5H2,1-2H3,(H,21,26)(H,24,27). The Morgan fingerprint density at radius 3 is 2.78 bits per heavy atom. The largest absolute Gasteiger partial charge is 0.355 e. The molecule has 0 radical (unpaired) electrons. The highest BCUT2D eigenvalue weighted by molar-refractivity contribution is 6.33. The molecule has 3 rings (SSSR count). The predicted octanol–water partition coefficient (Wildman–Crippen LogP) is 3.26. The zero-order chi connectivity index (χ0) is 19.6. The van der Waals surface area contributed by atoms with Gasteiger partial charge in [-0.05, 0) is 36.8 Å². The molecule has 0 saturated carbocycles. The van der Waals surface area contributed by atoms with Crippen molar-refractivity contribution in [3.63, 3.8) is 0 Å². The quantitative estimate of drug-likeness (QED) is 0.816. The Balaban J connectivity index is 1.90. The average molecular weight is 406 g/mol. The summed E-state index contributed by atoms with van der Waals surface area (Å²) in [5.41, 5.74) is 1.37. The van der Waals surface area contributed by atoms with Gasteiger partial charge in [0.2, 0.25) is 5.91 Å². The first-order chi connectivity index (χ1) is 12.9. The number of pyridine rings is 1. The van der Waals surface area contributed by atoms with E-state index in [1.807, 2.05) is 0 Å². The number of aryl methyl sites for hydroxylation is 1. The second kappa shape index (κ2) is 7.94. The summed E-state index contributed by atoms with van der Waals surface area (Å²) in [6.45, 7) is 1.77. The number of halogens is 2. The van der Waals surface area contributed by atoms with Gasteiger partial charge < -0.3 is 10.6 Å². The zero-order valence-corrected chi connectivity index (χ0v) is 16.2. The first-order valence-electron chi connectivity index (χ1n) is 8.17. The molecule has 0 aliphatic carbocycles. The van der Waals surface area contributed by atoms with Crippen LogP contribution >= 0.6 is 23.2 Å². The summed E-state index contributed by atoms with van der Waals surface area (Å²) < 4.78 is 0. The normalized spacial score (nSPS) is 15.7. The highest BCUT2D eigenvalue weighted by Crippen LogP contribution is 2.30. The Morgan fingerprint density at radius 2 is 2.07 bits per heavy atom. The summed E-state index contributed by atoms with van der Waals surface area (Å²) in [5, 5.41) is 11.9. The third-order valence-electron chi connectivity index (χ3n) is 4.11. The zero-order valence-electron chi connectivity index (χ0n) is 14.7. The van der Waals surface area contributed by atoms with Crippen LogP contribution in [0.5, 0.6) is 0 Å². The fourth-order valence-electron chi connectivity index (χ4n) is 2.81. The number of nitrogens with zero attached hydrogens (tertiary/aromatic N) is 3. The maximum Gasteiger partial charge on any atom is 0.253 e. The first-order valence-corrected chi connectivity index (χ1v) is 8.93. The summed E-state index contributed by atoms with van der Waals surface area (Å²) in [6, 6.07) is 5.95. The molecule has 2 N–H and O–H groups in total. The van der Waals surface area contributed by atoms with E-state index in [1.165, 1.54) is 18.1 Å². The maximum absolute atomic E-state index is 12.9. The molecule has 0 bridgehead atoms. The number of rotatable bonds is 4. The van der Waals surface area contributed by atoms with Crippen molar-refractivity contribution in [1.29, 1.82) is 0 Å². The van der Waals surface area contributed by atoms with Crippen LogP contribution in [0.1, 0.15) is 22.3 Å². The van der Waals surface area contributed by atoms with Gasteiger partial charge in [-0.15, -0.1) is 0 Å². The van der Waals surface area contributed by atoms with E-state index in [1.54, 1.807) is 37.5 Å². The van der Waals surface area contributed by atoms with E-state index in [0.717, 1.165) is 0 Å². The monoisotopic (exact) mass is 405 g/mol. The molecule has 0 spiro atoms. The van der Waals surface area contributed by atoms with Gasteiger partial charge in [0.25, 0.3) is 5.91 Å². The number of amides is 2.